The summed E-state index contributed by atoms with van der Waals surface area (Å²) in [4.78, 5) is 18.5. The Hall–Kier alpha value is -2.21. The first-order valence-corrected chi connectivity index (χ1v) is 10.8. The summed E-state index contributed by atoms with van der Waals surface area (Å²) < 4.78 is 0. The summed E-state index contributed by atoms with van der Waals surface area (Å²) in [6.07, 6.45) is 0. The first-order chi connectivity index (χ1) is 13.7. The van der Waals surface area contributed by atoms with Gasteiger partial charge in [0.2, 0.25) is 5.91 Å². The molecule has 0 saturated carbocycles. The van der Waals surface area contributed by atoms with E-state index < -0.39 is 0 Å². The lowest BCUT2D eigenvalue weighted by molar-refractivity contribution is -0.132. The summed E-state index contributed by atoms with van der Waals surface area (Å²) in [6.45, 7) is 7.04. The van der Waals surface area contributed by atoms with Gasteiger partial charge in [-0.3, -0.25) is 9.69 Å². The zero-order chi connectivity index (χ0) is 19.3. The number of hydrogen-bond acceptors (Lipinski definition) is 4. The van der Waals surface area contributed by atoms with Gasteiger partial charge in [-0.2, -0.15) is 0 Å². The Labute approximate surface area is 170 Å². The van der Waals surface area contributed by atoms with Gasteiger partial charge < -0.3 is 10.2 Å². The predicted molar refractivity (Wildman–Crippen MR) is 117 cm³/mol. The molecular weight excluding hydrogens is 366 g/mol. The second kappa shape index (κ2) is 8.86. The average Bonchev–Trinajstić information content (AvgIpc) is 3.25. The van der Waals surface area contributed by atoms with Crippen LogP contribution in [0.4, 0.5) is 0 Å². The van der Waals surface area contributed by atoms with Gasteiger partial charge in [-0.1, -0.05) is 48.5 Å². The summed E-state index contributed by atoms with van der Waals surface area (Å²) in [5.41, 5.74) is 1.24. The molecule has 2 heterocycles. The van der Waals surface area contributed by atoms with Crippen molar-refractivity contribution < 1.29 is 4.79 Å². The Kier molecular flexibility index (Phi) is 6.05. The van der Waals surface area contributed by atoms with E-state index >= 15 is 0 Å². The van der Waals surface area contributed by atoms with Crippen LogP contribution in [-0.2, 0) is 11.3 Å². The van der Waals surface area contributed by atoms with Gasteiger partial charge in [0.25, 0.3) is 0 Å². The molecule has 1 atom stereocenters. The molecule has 5 heteroatoms. The third-order valence-electron chi connectivity index (χ3n) is 5.53. The molecule has 0 radical (unpaired) electrons. The highest BCUT2D eigenvalue weighted by atomic mass is 32.1. The van der Waals surface area contributed by atoms with Crippen LogP contribution in [0.2, 0.25) is 0 Å². The fraction of sp³-hybridized carbons (Fsp3) is 0.348. The Morgan fingerprint density at radius 1 is 1.04 bits per heavy atom. The minimum atomic E-state index is 0.134. The molecule has 1 aliphatic rings. The predicted octanol–water partition coefficient (Wildman–Crippen LogP) is 3.90. The van der Waals surface area contributed by atoms with Gasteiger partial charge >= 0.3 is 0 Å². The molecule has 1 N–H and O–H groups in total. The molecule has 0 aliphatic carbocycles. The fourth-order valence-electron chi connectivity index (χ4n) is 3.87. The van der Waals surface area contributed by atoms with E-state index in [9.17, 15) is 4.79 Å². The van der Waals surface area contributed by atoms with Gasteiger partial charge in [-0.15, -0.1) is 11.3 Å². The largest absolute Gasteiger partial charge is 0.339 e. The molecule has 1 aliphatic heterocycles. The maximum absolute atomic E-state index is 12.7. The molecule has 28 heavy (non-hydrogen) atoms. The van der Waals surface area contributed by atoms with Crippen molar-refractivity contribution in [3.8, 4) is 0 Å². The molecule has 1 saturated heterocycles. The first-order valence-electron chi connectivity index (χ1n) is 9.94. The van der Waals surface area contributed by atoms with E-state index in [-0.39, 0.29) is 11.9 Å². The molecule has 0 unspecified atom stereocenters. The highest BCUT2D eigenvalue weighted by Gasteiger charge is 2.21. The number of amides is 1. The molecular formula is C23H27N3OS. The Morgan fingerprint density at radius 2 is 1.82 bits per heavy atom. The highest BCUT2D eigenvalue weighted by molar-refractivity contribution is 7.09. The Balaban J connectivity index is 1.28. The molecule has 2 aromatic carbocycles. The molecule has 4 rings (SSSR count). The fourth-order valence-corrected chi connectivity index (χ4v) is 4.61. The van der Waals surface area contributed by atoms with Crippen molar-refractivity contribution in [2.75, 3.05) is 32.7 Å². The standard InChI is InChI=1S/C23H27N3OS/c1-18(21-10-4-7-19-6-2-3-9-22(19)21)24-16-23(27)26-13-11-25(12-14-26)17-20-8-5-15-28-20/h2-10,15,18,24H,11-14,16-17H2,1H3/t18-/m1/s1. The average molecular weight is 394 g/mol. The minimum absolute atomic E-state index is 0.134. The van der Waals surface area contributed by atoms with Crippen molar-refractivity contribution in [1.82, 2.24) is 15.1 Å². The lowest BCUT2D eigenvalue weighted by atomic mass is 10.00. The normalized spacial score (nSPS) is 16.4. The van der Waals surface area contributed by atoms with Gasteiger partial charge in [0.1, 0.15) is 0 Å². The number of rotatable bonds is 6. The van der Waals surface area contributed by atoms with Gasteiger partial charge in [-0.25, -0.2) is 0 Å². The van der Waals surface area contributed by atoms with E-state index in [2.05, 4.69) is 77.1 Å². The van der Waals surface area contributed by atoms with Crippen molar-refractivity contribution >= 4 is 28.0 Å². The van der Waals surface area contributed by atoms with Crippen molar-refractivity contribution in [3.05, 3.63) is 70.4 Å². The van der Waals surface area contributed by atoms with Crippen molar-refractivity contribution in [2.24, 2.45) is 0 Å². The van der Waals surface area contributed by atoms with Crippen molar-refractivity contribution in [3.63, 3.8) is 0 Å². The summed E-state index contributed by atoms with van der Waals surface area (Å²) in [5.74, 6) is 0.197. The van der Waals surface area contributed by atoms with Crippen LogP contribution in [0, 0.1) is 0 Å². The highest BCUT2D eigenvalue weighted by Crippen LogP contribution is 2.24. The third kappa shape index (κ3) is 4.43. The second-order valence-corrected chi connectivity index (χ2v) is 8.44. The van der Waals surface area contributed by atoms with Crippen LogP contribution in [-0.4, -0.2) is 48.4 Å². The van der Waals surface area contributed by atoms with Crippen LogP contribution in [0.5, 0.6) is 0 Å². The van der Waals surface area contributed by atoms with E-state index in [1.807, 2.05) is 4.90 Å². The van der Waals surface area contributed by atoms with Gasteiger partial charge in [0.15, 0.2) is 0 Å². The molecule has 146 valence electrons. The number of nitrogens with zero attached hydrogens (tertiary/aromatic N) is 2. The second-order valence-electron chi connectivity index (χ2n) is 7.41. The van der Waals surface area contributed by atoms with E-state index in [0.717, 1.165) is 32.7 Å². The first kappa shape index (κ1) is 19.1. The molecule has 0 spiro atoms. The smallest absolute Gasteiger partial charge is 0.236 e. The number of fused-ring (bicyclic) bond motifs is 1. The molecule has 4 nitrogen and oxygen atoms in total. The lowest BCUT2D eigenvalue weighted by Gasteiger charge is -2.34. The number of hydrogen-bond donors (Lipinski definition) is 1. The molecule has 1 amide bonds. The van der Waals surface area contributed by atoms with E-state index in [4.69, 9.17) is 0 Å². The van der Waals surface area contributed by atoms with Crippen LogP contribution in [0.25, 0.3) is 10.8 Å². The minimum Gasteiger partial charge on any atom is -0.339 e. The number of thiophene rings is 1. The number of nitrogens with one attached hydrogen (secondary N) is 1. The van der Waals surface area contributed by atoms with E-state index in [1.54, 1.807) is 11.3 Å². The summed E-state index contributed by atoms with van der Waals surface area (Å²) in [5, 5.41) is 8.04. The summed E-state index contributed by atoms with van der Waals surface area (Å²) >= 11 is 1.80. The SMILES string of the molecule is C[C@@H](NCC(=O)N1CCN(Cc2cccs2)CC1)c1cccc2ccccc12. The number of carbonyl (C=O) groups is 1. The Bertz CT molecular complexity index is 911. The number of piperazine rings is 1. The van der Waals surface area contributed by atoms with Crippen molar-refractivity contribution in [1.29, 1.82) is 0 Å². The topological polar surface area (TPSA) is 35.6 Å². The summed E-state index contributed by atoms with van der Waals surface area (Å²) in [7, 11) is 0. The van der Waals surface area contributed by atoms with Crippen LogP contribution >= 0.6 is 11.3 Å². The molecule has 0 bridgehead atoms. The van der Waals surface area contributed by atoms with Gasteiger partial charge in [0, 0.05) is 43.6 Å². The summed E-state index contributed by atoms with van der Waals surface area (Å²) in [6, 6.07) is 19.2. The lowest BCUT2D eigenvalue weighted by Crippen LogP contribution is -2.50. The molecule has 1 fully saturated rings. The van der Waals surface area contributed by atoms with Crippen LogP contribution in [0.3, 0.4) is 0 Å². The number of benzene rings is 2. The monoisotopic (exact) mass is 393 g/mol. The van der Waals surface area contributed by atoms with E-state index in [1.165, 1.54) is 21.2 Å². The number of carbonyl (C=O) groups excluding carboxylic acids is 1. The maximum atomic E-state index is 12.7. The molecule has 3 aromatic rings. The third-order valence-corrected chi connectivity index (χ3v) is 6.40. The molecule has 1 aromatic heterocycles. The van der Waals surface area contributed by atoms with E-state index in [0.29, 0.717) is 6.54 Å². The quantitative estimate of drug-likeness (QED) is 0.690. The van der Waals surface area contributed by atoms with Crippen LogP contribution in [0.15, 0.2) is 60.0 Å². The Morgan fingerprint density at radius 3 is 2.61 bits per heavy atom. The van der Waals surface area contributed by atoms with Crippen LogP contribution < -0.4 is 5.32 Å². The maximum Gasteiger partial charge on any atom is 0.236 e. The van der Waals surface area contributed by atoms with Crippen LogP contribution in [0.1, 0.15) is 23.4 Å². The van der Waals surface area contributed by atoms with Gasteiger partial charge in [0.05, 0.1) is 6.54 Å². The zero-order valence-corrected chi connectivity index (χ0v) is 17.1. The zero-order valence-electron chi connectivity index (χ0n) is 16.3. The van der Waals surface area contributed by atoms with Gasteiger partial charge in [-0.05, 0) is 34.7 Å². The van der Waals surface area contributed by atoms with Crippen molar-refractivity contribution in [2.45, 2.75) is 19.5 Å².